The van der Waals surface area contributed by atoms with Crippen LogP contribution in [0.1, 0.15) is 16.1 Å². The number of nitrogens with zero attached hydrogens (tertiary/aromatic N) is 4. The number of pyridine rings is 1. The van der Waals surface area contributed by atoms with Crippen LogP contribution >= 0.6 is 0 Å². The van der Waals surface area contributed by atoms with Crippen LogP contribution < -0.4 is 5.32 Å². The molecular weight excluding hydrogens is 330 g/mol. The number of carbonyl (C=O) groups excluding carboxylic acids is 1. The third kappa shape index (κ3) is 3.36. The smallest absolute Gasteiger partial charge is 0.273 e. The van der Waals surface area contributed by atoms with E-state index in [-0.39, 0.29) is 11.6 Å². The number of hydrogen-bond donors (Lipinski definition) is 1. The number of carbonyl (C=O) groups is 1. The highest BCUT2D eigenvalue weighted by atomic mass is 16.5. The highest BCUT2D eigenvalue weighted by Crippen LogP contribution is 2.18. The second kappa shape index (κ2) is 7.02. The van der Waals surface area contributed by atoms with Gasteiger partial charge in [-0.05, 0) is 24.3 Å². The fourth-order valence-corrected chi connectivity index (χ4v) is 2.47. The SMILES string of the molecule is O=C(NCc1cnn(-c2ccccc2)c1)c1cc(-c2cccnc2)on1. The number of hydrogen-bond acceptors (Lipinski definition) is 5. The Morgan fingerprint density at radius 2 is 2.00 bits per heavy atom. The minimum atomic E-state index is -0.309. The summed E-state index contributed by atoms with van der Waals surface area (Å²) in [6.45, 7) is 0.348. The Balaban J connectivity index is 1.40. The first-order valence-corrected chi connectivity index (χ1v) is 8.04. The normalized spacial score (nSPS) is 10.6. The molecule has 0 unspecified atom stereocenters. The Bertz CT molecular complexity index is 1010. The minimum Gasteiger partial charge on any atom is -0.355 e. The molecular formula is C19H15N5O2. The third-order valence-corrected chi connectivity index (χ3v) is 3.80. The second-order valence-electron chi connectivity index (χ2n) is 5.63. The predicted octanol–water partition coefficient (Wildman–Crippen LogP) is 2.85. The molecule has 1 amide bonds. The van der Waals surface area contributed by atoms with E-state index in [1.165, 1.54) is 0 Å². The van der Waals surface area contributed by atoms with Crippen LogP contribution in [0.4, 0.5) is 0 Å². The van der Waals surface area contributed by atoms with Gasteiger partial charge in [0.25, 0.3) is 5.91 Å². The number of nitrogens with one attached hydrogen (secondary N) is 1. The van der Waals surface area contributed by atoms with Crippen molar-refractivity contribution in [3.8, 4) is 17.0 Å². The molecule has 7 nitrogen and oxygen atoms in total. The first-order valence-electron chi connectivity index (χ1n) is 8.04. The molecule has 3 heterocycles. The van der Waals surface area contributed by atoms with Crippen LogP contribution in [-0.2, 0) is 6.54 Å². The van der Waals surface area contributed by atoms with Crippen LogP contribution in [-0.4, -0.2) is 25.8 Å². The molecule has 0 fully saturated rings. The molecule has 0 saturated carbocycles. The van der Waals surface area contributed by atoms with Crippen molar-refractivity contribution in [2.45, 2.75) is 6.54 Å². The molecule has 0 aliphatic heterocycles. The minimum absolute atomic E-state index is 0.222. The van der Waals surface area contributed by atoms with Gasteiger partial charge in [-0.15, -0.1) is 0 Å². The van der Waals surface area contributed by atoms with Crippen molar-refractivity contribution in [1.29, 1.82) is 0 Å². The predicted molar refractivity (Wildman–Crippen MR) is 94.5 cm³/mol. The zero-order valence-corrected chi connectivity index (χ0v) is 13.7. The summed E-state index contributed by atoms with van der Waals surface area (Å²) in [5.41, 5.74) is 2.84. The van der Waals surface area contributed by atoms with Crippen LogP contribution in [0.25, 0.3) is 17.0 Å². The first-order chi connectivity index (χ1) is 12.8. The lowest BCUT2D eigenvalue weighted by molar-refractivity contribution is 0.0942. The van der Waals surface area contributed by atoms with Crippen LogP contribution in [0.15, 0.2) is 77.8 Å². The highest BCUT2D eigenvalue weighted by molar-refractivity contribution is 5.93. The van der Waals surface area contributed by atoms with Gasteiger partial charge in [0.15, 0.2) is 11.5 Å². The molecule has 7 heteroatoms. The van der Waals surface area contributed by atoms with E-state index >= 15 is 0 Å². The molecule has 3 aromatic heterocycles. The van der Waals surface area contributed by atoms with E-state index in [0.29, 0.717) is 12.3 Å². The van der Waals surface area contributed by atoms with Gasteiger partial charge in [-0.1, -0.05) is 23.4 Å². The fourth-order valence-electron chi connectivity index (χ4n) is 2.47. The Morgan fingerprint density at radius 3 is 2.81 bits per heavy atom. The van der Waals surface area contributed by atoms with Gasteiger partial charge in [-0.3, -0.25) is 9.78 Å². The Morgan fingerprint density at radius 1 is 1.12 bits per heavy atom. The summed E-state index contributed by atoms with van der Waals surface area (Å²) in [4.78, 5) is 16.3. The van der Waals surface area contributed by atoms with Crippen molar-refractivity contribution in [1.82, 2.24) is 25.2 Å². The summed E-state index contributed by atoms with van der Waals surface area (Å²) in [5, 5.41) is 10.9. The molecule has 0 saturated heterocycles. The Labute approximate surface area is 149 Å². The summed E-state index contributed by atoms with van der Waals surface area (Å²) in [6, 6.07) is 15.0. The lowest BCUT2D eigenvalue weighted by Gasteiger charge is -2.00. The average Bonchev–Trinajstić information content (AvgIpc) is 3.37. The van der Waals surface area contributed by atoms with E-state index in [1.807, 2.05) is 42.6 Å². The van der Waals surface area contributed by atoms with Gasteiger partial charge in [-0.25, -0.2) is 4.68 Å². The number of rotatable bonds is 5. The molecule has 0 radical (unpaired) electrons. The van der Waals surface area contributed by atoms with Gasteiger partial charge in [-0.2, -0.15) is 5.10 Å². The molecule has 0 aliphatic carbocycles. The van der Waals surface area contributed by atoms with Crippen LogP contribution in [0.3, 0.4) is 0 Å². The molecule has 4 aromatic rings. The van der Waals surface area contributed by atoms with Crippen molar-refractivity contribution >= 4 is 5.91 Å². The molecule has 0 spiro atoms. The largest absolute Gasteiger partial charge is 0.355 e. The number of benzene rings is 1. The quantitative estimate of drug-likeness (QED) is 0.601. The zero-order chi connectivity index (χ0) is 17.8. The van der Waals surface area contributed by atoms with Gasteiger partial charge in [0.2, 0.25) is 0 Å². The van der Waals surface area contributed by atoms with Gasteiger partial charge >= 0.3 is 0 Å². The summed E-state index contributed by atoms with van der Waals surface area (Å²) in [7, 11) is 0. The molecule has 1 N–H and O–H groups in total. The molecule has 4 rings (SSSR count). The van der Waals surface area contributed by atoms with Crippen molar-refractivity contribution in [2.75, 3.05) is 0 Å². The average molecular weight is 345 g/mol. The van der Waals surface area contributed by atoms with Gasteiger partial charge in [0, 0.05) is 42.3 Å². The lowest BCUT2D eigenvalue weighted by atomic mass is 10.2. The third-order valence-electron chi connectivity index (χ3n) is 3.80. The summed E-state index contributed by atoms with van der Waals surface area (Å²) < 4.78 is 6.98. The van der Waals surface area contributed by atoms with E-state index in [1.54, 1.807) is 35.4 Å². The molecule has 0 bridgehead atoms. The molecule has 1 aromatic carbocycles. The maximum atomic E-state index is 12.3. The van der Waals surface area contributed by atoms with Crippen molar-refractivity contribution in [2.24, 2.45) is 0 Å². The van der Waals surface area contributed by atoms with E-state index in [4.69, 9.17) is 4.52 Å². The second-order valence-corrected chi connectivity index (χ2v) is 5.63. The van der Waals surface area contributed by atoms with E-state index in [9.17, 15) is 4.79 Å². The Hall–Kier alpha value is -3.74. The van der Waals surface area contributed by atoms with Crippen molar-refractivity contribution < 1.29 is 9.32 Å². The van der Waals surface area contributed by atoms with E-state index in [0.717, 1.165) is 16.8 Å². The highest BCUT2D eigenvalue weighted by Gasteiger charge is 2.14. The van der Waals surface area contributed by atoms with E-state index in [2.05, 4.69) is 20.6 Å². The maximum Gasteiger partial charge on any atom is 0.273 e. The fraction of sp³-hybridized carbons (Fsp3) is 0.0526. The zero-order valence-electron chi connectivity index (χ0n) is 13.7. The molecule has 26 heavy (non-hydrogen) atoms. The first kappa shape index (κ1) is 15.8. The summed E-state index contributed by atoms with van der Waals surface area (Å²) in [6.07, 6.45) is 6.92. The lowest BCUT2D eigenvalue weighted by Crippen LogP contribution is -2.22. The van der Waals surface area contributed by atoms with Gasteiger partial charge in [0.1, 0.15) is 0 Å². The summed E-state index contributed by atoms with van der Waals surface area (Å²) in [5.74, 6) is 0.191. The van der Waals surface area contributed by atoms with Crippen LogP contribution in [0.2, 0.25) is 0 Å². The molecule has 128 valence electrons. The van der Waals surface area contributed by atoms with E-state index < -0.39 is 0 Å². The van der Waals surface area contributed by atoms with Crippen LogP contribution in [0, 0.1) is 0 Å². The Kier molecular flexibility index (Phi) is 4.26. The summed E-state index contributed by atoms with van der Waals surface area (Å²) >= 11 is 0. The molecule has 0 atom stereocenters. The van der Waals surface area contributed by atoms with Crippen molar-refractivity contribution in [3.05, 3.63) is 84.6 Å². The number of amides is 1. The van der Waals surface area contributed by atoms with Crippen molar-refractivity contribution in [3.63, 3.8) is 0 Å². The number of aromatic nitrogens is 4. The van der Waals surface area contributed by atoms with Gasteiger partial charge in [0.05, 0.1) is 11.9 Å². The number of para-hydroxylation sites is 1. The van der Waals surface area contributed by atoms with Gasteiger partial charge < -0.3 is 9.84 Å². The van der Waals surface area contributed by atoms with Crippen LogP contribution in [0.5, 0.6) is 0 Å². The monoisotopic (exact) mass is 345 g/mol. The maximum absolute atomic E-state index is 12.3. The topological polar surface area (TPSA) is 85.8 Å². The standard InChI is InChI=1S/C19H15N5O2/c25-19(17-9-18(26-23-17)15-5-4-8-20-12-15)21-10-14-11-22-24(13-14)16-6-2-1-3-7-16/h1-9,11-13H,10H2,(H,21,25). The molecule has 0 aliphatic rings.